The van der Waals surface area contributed by atoms with E-state index in [0.29, 0.717) is 18.1 Å². The molecule has 0 aliphatic carbocycles. The zero-order valence-electron chi connectivity index (χ0n) is 11.4. The summed E-state index contributed by atoms with van der Waals surface area (Å²) < 4.78 is 1.65. The van der Waals surface area contributed by atoms with Crippen molar-refractivity contribution in [2.45, 2.75) is 13.3 Å². The van der Waals surface area contributed by atoms with Gasteiger partial charge in [-0.25, -0.2) is 9.97 Å². The number of hydrogen-bond acceptors (Lipinski definition) is 5. The lowest BCUT2D eigenvalue weighted by atomic mass is 10.1. The summed E-state index contributed by atoms with van der Waals surface area (Å²) in [5.41, 5.74) is 6.78. The number of nitrogens with zero attached hydrogens (tertiary/aromatic N) is 5. The van der Waals surface area contributed by atoms with Gasteiger partial charge in [0.2, 0.25) is 5.95 Å². The van der Waals surface area contributed by atoms with Gasteiger partial charge in [0.25, 0.3) is 0 Å². The van der Waals surface area contributed by atoms with Crippen molar-refractivity contribution in [2.24, 2.45) is 0 Å². The van der Waals surface area contributed by atoms with Crippen molar-refractivity contribution >= 4 is 17.5 Å². The van der Waals surface area contributed by atoms with Gasteiger partial charge in [-0.3, -0.25) is 0 Å². The Labute approximate surface area is 126 Å². The monoisotopic (exact) mass is 300 g/mol. The zero-order valence-corrected chi connectivity index (χ0v) is 12.1. The summed E-state index contributed by atoms with van der Waals surface area (Å²) in [7, 11) is 0. The molecule has 0 bridgehead atoms. The second-order valence-electron chi connectivity index (χ2n) is 4.56. The molecule has 21 heavy (non-hydrogen) atoms. The summed E-state index contributed by atoms with van der Waals surface area (Å²) in [5, 5.41) is 4.63. The fraction of sp³-hybridized carbons (Fsp3) is 0.143. The smallest absolute Gasteiger partial charge is 0.223 e. The van der Waals surface area contributed by atoms with Gasteiger partial charge in [-0.15, -0.1) is 5.10 Å². The quantitative estimate of drug-likeness (QED) is 0.750. The van der Waals surface area contributed by atoms with Crippen molar-refractivity contribution in [2.75, 3.05) is 5.73 Å². The van der Waals surface area contributed by atoms with Crippen LogP contribution in [0.2, 0.25) is 5.15 Å². The first-order valence-corrected chi connectivity index (χ1v) is 6.76. The molecule has 3 rings (SSSR count). The van der Waals surface area contributed by atoms with Crippen LogP contribution in [0.25, 0.3) is 5.82 Å². The van der Waals surface area contributed by atoms with Gasteiger partial charge in [0.15, 0.2) is 5.82 Å². The highest BCUT2D eigenvalue weighted by molar-refractivity contribution is 6.29. The Balaban J connectivity index is 2.03. The van der Waals surface area contributed by atoms with Crippen LogP contribution < -0.4 is 5.73 Å². The van der Waals surface area contributed by atoms with Crippen molar-refractivity contribution in [3.05, 3.63) is 58.8 Å². The maximum Gasteiger partial charge on any atom is 0.223 e. The number of nitrogens with two attached hydrogens (primary N) is 1. The molecule has 0 unspecified atom stereocenters. The first-order chi connectivity index (χ1) is 10.1. The van der Waals surface area contributed by atoms with Crippen molar-refractivity contribution in [3.8, 4) is 5.82 Å². The Morgan fingerprint density at radius 1 is 1.14 bits per heavy atom. The number of benzene rings is 1. The molecule has 2 N–H and O–H groups in total. The summed E-state index contributed by atoms with van der Waals surface area (Å²) in [6.45, 7) is 1.83. The van der Waals surface area contributed by atoms with E-state index in [9.17, 15) is 0 Å². The van der Waals surface area contributed by atoms with Crippen molar-refractivity contribution in [3.63, 3.8) is 0 Å². The van der Waals surface area contributed by atoms with Crippen LogP contribution in [0.5, 0.6) is 0 Å². The van der Waals surface area contributed by atoms with Gasteiger partial charge >= 0.3 is 0 Å². The number of anilines is 1. The minimum atomic E-state index is 0.108. The van der Waals surface area contributed by atoms with Crippen molar-refractivity contribution in [1.82, 2.24) is 24.7 Å². The molecule has 0 saturated heterocycles. The third-order valence-corrected chi connectivity index (χ3v) is 3.09. The van der Waals surface area contributed by atoms with Gasteiger partial charge in [-0.05, 0) is 12.5 Å². The number of nitrogen functional groups attached to an aromatic ring is 1. The van der Waals surface area contributed by atoms with E-state index in [0.717, 1.165) is 11.4 Å². The Morgan fingerprint density at radius 2 is 1.90 bits per heavy atom. The lowest BCUT2D eigenvalue weighted by Crippen LogP contribution is -2.08. The molecule has 0 saturated carbocycles. The Bertz CT molecular complexity index is 748. The van der Waals surface area contributed by atoms with Crippen LogP contribution in [0, 0.1) is 6.92 Å². The van der Waals surface area contributed by atoms with Crippen LogP contribution in [0.4, 0.5) is 5.95 Å². The Kier molecular flexibility index (Phi) is 3.53. The van der Waals surface area contributed by atoms with Crippen LogP contribution in [-0.2, 0) is 6.42 Å². The minimum Gasteiger partial charge on any atom is -0.368 e. The number of halogens is 1. The van der Waals surface area contributed by atoms with Gasteiger partial charge in [0.05, 0.1) is 0 Å². The molecular weight excluding hydrogens is 288 g/mol. The third kappa shape index (κ3) is 3.00. The molecule has 0 spiro atoms. The van der Waals surface area contributed by atoms with Crippen LogP contribution in [0.3, 0.4) is 0 Å². The van der Waals surface area contributed by atoms with Gasteiger partial charge in [0.1, 0.15) is 16.8 Å². The molecule has 6 nitrogen and oxygen atoms in total. The number of aryl methyl sites for hydroxylation is 1. The molecule has 0 atom stereocenters. The molecule has 1 aromatic carbocycles. The number of rotatable bonds is 3. The summed E-state index contributed by atoms with van der Waals surface area (Å²) >= 11 is 5.93. The molecule has 0 radical (unpaired) electrons. The molecular formula is C14H13ClN6. The van der Waals surface area contributed by atoms with E-state index in [4.69, 9.17) is 17.3 Å². The SMILES string of the molecule is Cc1nc(Cc2ccccc2)n(-c2cc(Cl)nc(N)n2)n1. The van der Waals surface area contributed by atoms with E-state index in [1.54, 1.807) is 10.7 Å². The Morgan fingerprint density at radius 3 is 2.62 bits per heavy atom. The predicted molar refractivity (Wildman–Crippen MR) is 80.4 cm³/mol. The highest BCUT2D eigenvalue weighted by Gasteiger charge is 2.12. The maximum absolute atomic E-state index is 5.93. The van der Waals surface area contributed by atoms with Crippen LogP contribution in [0.1, 0.15) is 17.2 Å². The standard InChI is InChI=1S/C14H13ClN6/c1-9-17-12(7-10-5-3-2-4-6-10)21(20-9)13-8-11(15)18-14(16)19-13/h2-6,8H,7H2,1H3,(H2,16,18,19). The number of hydrogen-bond donors (Lipinski definition) is 1. The zero-order chi connectivity index (χ0) is 14.8. The van der Waals surface area contributed by atoms with E-state index in [2.05, 4.69) is 20.1 Å². The highest BCUT2D eigenvalue weighted by atomic mass is 35.5. The highest BCUT2D eigenvalue weighted by Crippen LogP contribution is 2.15. The van der Waals surface area contributed by atoms with Gasteiger partial charge in [0, 0.05) is 12.5 Å². The first-order valence-electron chi connectivity index (χ1n) is 6.39. The number of aromatic nitrogens is 5. The molecule has 2 heterocycles. The van der Waals surface area contributed by atoms with Gasteiger partial charge in [-0.1, -0.05) is 41.9 Å². The third-order valence-electron chi connectivity index (χ3n) is 2.90. The van der Waals surface area contributed by atoms with Crippen molar-refractivity contribution in [1.29, 1.82) is 0 Å². The lowest BCUT2D eigenvalue weighted by molar-refractivity contribution is 0.781. The van der Waals surface area contributed by atoms with E-state index < -0.39 is 0 Å². The minimum absolute atomic E-state index is 0.108. The first kappa shape index (κ1) is 13.5. The van der Waals surface area contributed by atoms with Crippen LogP contribution in [0.15, 0.2) is 36.4 Å². The van der Waals surface area contributed by atoms with E-state index in [1.807, 2.05) is 37.3 Å². The second-order valence-corrected chi connectivity index (χ2v) is 4.94. The van der Waals surface area contributed by atoms with E-state index in [1.165, 1.54) is 0 Å². The summed E-state index contributed by atoms with van der Waals surface area (Å²) in [5.74, 6) is 2.05. The molecule has 106 valence electrons. The molecule has 0 aliphatic rings. The fourth-order valence-corrected chi connectivity index (χ4v) is 2.25. The molecule has 0 amide bonds. The molecule has 2 aromatic heterocycles. The summed E-state index contributed by atoms with van der Waals surface area (Å²) in [4.78, 5) is 12.5. The van der Waals surface area contributed by atoms with E-state index >= 15 is 0 Å². The average Bonchev–Trinajstić information content (AvgIpc) is 2.80. The topological polar surface area (TPSA) is 82.5 Å². The lowest BCUT2D eigenvalue weighted by Gasteiger charge is -2.06. The van der Waals surface area contributed by atoms with E-state index in [-0.39, 0.29) is 11.1 Å². The maximum atomic E-state index is 5.93. The van der Waals surface area contributed by atoms with Crippen LogP contribution in [-0.4, -0.2) is 24.7 Å². The summed E-state index contributed by atoms with van der Waals surface area (Å²) in [6, 6.07) is 11.6. The van der Waals surface area contributed by atoms with Crippen LogP contribution >= 0.6 is 11.6 Å². The largest absolute Gasteiger partial charge is 0.368 e. The predicted octanol–water partition coefficient (Wildman–Crippen LogP) is 2.19. The van der Waals surface area contributed by atoms with Gasteiger partial charge < -0.3 is 5.73 Å². The second kappa shape index (κ2) is 5.49. The summed E-state index contributed by atoms with van der Waals surface area (Å²) in [6.07, 6.45) is 0.642. The van der Waals surface area contributed by atoms with Crippen molar-refractivity contribution < 1.29 is 0 Å². The molecule has 0 fully saturated rings. The average molecular weight is 301 g/mol. The normalized spacial score (nSPS) is 10.8. The molecule has 0 aliphatic heterocycles. The Hall–Kier alpha value is -2.47. The van der Waals surface area contributed by atoms with Gasteiger partial charge in [-0.2, -0.15) is 9.67 Å². The fourth-order valence-electron chi connectivity index (χ4n) is 2.07. The molecule has 3 aromatic rings. The molecule has 7 heteroatoms.